The summed E-state index contributed by atoms with van der Waals surface area (Å²) < 4.78 is 38.6. The Hall–Kier alpha value is -3.26. The molecule has 0 saturated carbocycles. The standard InChI is InChI=1S/C23H18F3N3OS/c1-14-4-2-3-5-18(14)22(30)27-16-7-9-17(10-8-16)31-13-21-28-19-11-6-15(23(24,25)26)12-20(19)29-21/h2-12H,13H2,1H3,(H,27,30)(H,28,29). The lowest BCUT2D eigenvalue weighted by molar-refractivity contribution is -0.137. The van der Waals surface area contributed by atoms with Gasteiger partial charge in [0.25, 0.3) is 5.91 Å². The molecule has 1 amide bonds. The molecule has 0 saturated heterocycles. The number of halogens is 3. The fourth-order valence-corrected chi connectivity index (χ4v) is 3.89. The number of nitrogens with one attached hydrogen (secondary N) is 2. The summed E-state index contributed by atoms with van der Waals surface area (Å²) in [5.41, 5.74) is 2.37. The fraction of sp³-hybridized carbons (Fsp3) is 0.130. The summed E-state index contributed by atoms with van der Waals surface area (Å²) in [5, 5.41) is 2.88. The van der Waals surface area contributed by atoms with Crippen LogP contribution in [0.15, 0.2) is 71.6 Å². The predicted molar refractivity (Wildman–Crippen MR) is 116 cm³/mol. The number of hydrogen-bond donors (Lipinski definition) is 2. The maximum absolute atomic E-state index is 12.9. The fourth-order valence-electron chi connectivity index (χ4n) is 3.12. The molecule has 0 atom stereocenters. The van der Waals surface area contributed by atoms with Crippen molar-refractivity contribution in [2.75, 3.05) is 5.32 Å². The Morgan fingerprint density at radius 1 is 1.06 bits per heavy atom. The Morgan fingerprint density at radius 3 is 2.52 bits per heavy atom. The summed E-state index contributed by atoms with van der Waals surface area (Å²) >= 11 is 1.50. The minimum atomic E-state index is -4.38. The van der Waals surface area contributed by atoms with E-state index >= 15 is 0 Å². The molecule has 8 heteroatoms. The number of aromatic amines is 1. The van der Waals surface area contributed by atoms with Gasteiger partial charge in [0.1, 0.15) is 5.82 Å². The molecule has 0 bridgehead atoms. The van der Waals surface area contributed by atoms with Gasteiger partial charge in [-0.1, -0.05) is 18.2 Å². The highest BCUT2D eigenvalue weighted by Gasteiger charge is 2.30. The number of amides is 1. The average Bonchev–Trinajstić information content (AvgIpc) is 3.15. The molecule has 0 spiro atoms. The molecule has 4 aromatic rings. The molecule has 0 unspecified atom stereocenters. The number of nitrogens with zero attached hydrogens (tertiary/aromatic N) is 1. The molecule has 0 aliphatic heterocycles. The molecule has 158 valence electrons. The molecule has 1 aromatic heterocycles. The zero-order valence-corrected chi connectivity index (χ0v) is 17.3. The van der Waals surface area contributed by atoms with E-state index in [2.05, 4.69) is 15.3 Å². The summed E-state index contributed by atoms with van der Waals surface area (Å²) in [7, 11) is 0. The highest BCUT2D eigenvalue weighted by molar-refractivity contribution is 7.98. The number of benzene rings is 3. The first-order valence-electron chi connectivity index (χ1n) is 9.45. The minimum Gasteiger partial charge on any atom is -0.341 e. The highest BCUT2D eigenvalue weighted by Crippen LogP contribution is 2.31. The van der Waals surface area contributed by atoms with Gasteiger partial charge in [-0.2, -0.15) is 13.2 Å². The number of fused-ring (bicyclic) bond motifs is 1. The second kappa shape index (κ2) is 8.47. The number of rotatable bonds is 5. The second-order valence-corrected chi connectivity index (χ2v) is 8.04. The van der Waals surface area contributed by atoms with Gasteiger partial charge in [-0.05, 0) is 61.0 Å². The lowest BCUT2D eigenvalue weighted by Crippen LogP contribution is -2.13. The van der Waals surface area contributed by atoms with E-state index in [4.69, 9.17) is 0 Å². The zero-order valence-electron chi connectivity index (χ0n) is 16.5. The van der Waals surface area contributed by atoms with E-state index in [9.17, 15) is 18.0 Å². The summed E-state index contributed by atoms with van der Waals surface area (Å²) in [6.07, 6.45) is -4.38. The SMILES string of the molecule is Cc1ccccc1C(=O)Nc1ccc(SCc2nc3ccc(C(F)(F)F)cc3[nH]2)cc1. The first kappa shape index (κ1) is 21.0. The van der Waals surface area contributed by atoms with Crippen molar-refractivity contribution in [3.63, 3.8) is 0 Å². The third-order valence-electron chi connectivity index (χ3n) is 4.74. The van der Waals surface area contributed by atoms with Gasteiger partial charge in [-0.25, -0.2) is 4.98 Å². The van der Waals surface area contributed by atoms with Crippen LogP contribution in [0.1, 0.15) is 27.3 Å². The Balaban J connectivity index is 1.39. The van der Waals surface area contributed by atoms with Crippen molar-refractivity contribution in [1.82, 2.24) is 9.97 Å². The van der Waals surface area contributed by atoms with Gasteiger partial charge in [0, 0.05) is 16.1 Å². The van der Waals surface area contributed by atoms with Crippen molar-refractivity contribution in [1.29, 1.82) is 0 Å². The van der Waals surface area contributed by atoms with Gasteiger partial charge in [0.2, 0.25) is 0 Å². The molecule has 31 heavy (non-hydrogen) atoms. The van der Waals surface area contributed by atoms with Crippen LogP contribution in [-0.2, 0) is 11.9 Å². The largest absolute Gasteiger partial charge is 0.416 e. The van der Waals surface area contributed by atoms with Gasteiger partial charge < -0.3 is 10.3 Å². The molecule has 1 heterocycles. The summed E-state index contributed by atoms with van der Waals surface area (Å²) in [6.45, 7) is 1.89. The molecular formula is C23H18F3N3OS. The number of thioether (sulfide) groups is 1. The lowest BCUT2D eigenvalue weighted by atomic mass is 10.1. The topological polar surface area (TPSA) is 57.8 Å². The van der Waals surface area contributed by atoms with E-state index in [1.54, 1.807) is 6.07 Å². The van der Waals surface area contributed by atoms with Crippen LogP contribution in [0.25, 0.3) is 11.0 Å². The Labute approximate surface area is 180 Å². The van der Waals surface area contributed by atoms with Crippen LogP contribution in [0.3, 0.4) is 0 Å². The van der Waals surface area contributed by atoms with Crippen molar-refractivity contribution < 1.29 is 18.0 Å². The Bertz CT molecular complexity index is 1230. The smallest absolute Gasteiger partial charge is 0.341 e. The summed E-state index contributed by atoms with van der Waals surface area (Å²) in [5.74, 6) is 0.903. The maximum Gasteiger partial charge on any atom is 0.416 e. The van der Waals surface area contributed by atoms with E-state index in [0.717, 1.165) is 22.6 Å². The second-order valence-electron chi connectivity index (χ2n) is 7.00. The quantitative estimate of drug-likeness (QED) is 0.351. The van der Waals surface area contributed by atoms with E-state index in [1.165, 1.54) is 17.8 Å². The van der Waals surface area contributed by atoms with Crippen molar-refractivity contribution in [2.24, 2.45) is 0 Å². The van der Waals surface area contributed by atoms with Gasteiger partial charge in [0.15, 0.2) is 0 Å². The molecular weight excluding hydrogens is 423 g/mol. The minimum absolute atomic E-state index is 0.168. The molecule has 4 rings (SSSR count). The molecule has 2 N–H and O–H groups in total. The van der Waals surface area contributed by atoms with Crippen molar-refractivity contribution >= 4 is 34.4 Å². The number of hydrogen-bond acceptors (Lipinski definition) is 3. The molecule has 3 aromatic carbocycles. The van der Waals surface area contributed by atoms with Crippen molar-refractivity contribution in [3.05, 3.63) is 89.2 Å². The van der Waals surface area contributed by atoms with Crippen LogP contribution in [0.4, 0.5) is 18.9 Å². The van der Waals surface area contributed by atoms with Crippen LogP contribution < -0.4 is 5.32 Å². The highest BCUT2D eigenvalue weighted by atomic mass is 32.2. The van der Waals surface area contributed by atoms with Crippen molar-refractivity contribution in [3.8, 4) is 0 Å². The van der Waals surface area contributed by atoms with Crippen molar-refractivity contribution in [2.45, 2.75) is 23.7 Å². The van der Waals surface area contributed by atoms with E-state index < -0.39 is 11.7 Å². The number of imidazole rings is 1. The van der Waals surface area contributed by atoms with Crippen LogP contribution >= 0.6 is 11.8 Å². The number of aryl methyl sites for hydroxylation is 1. The molecule has 0 fully saturated rings. The number of H-pyrrole nitrogens is 1. The number of aromatic nitrogens is 2. The summed E-state index contributed by atoms with van der Waals surface area (Å²) in [6, 6.07) is 18.2. The first-order valence-corrected chi connectivity index (χ1v) is 10.4. The molecule has 4 nitrogen and oxygen atoms in total. The van der Waals surface area contributed by atoms with Crippen LogP contribution in [0.5, 0.6) is 0 Å². The van der Waals surface area contributed by atoms with Gasteiger partial charge in [0.05, 0.1) is 22.3 Å². The molecule has 0 aliphatic carbocycles. The monoisotopic (exact) mass is 441 g/mol. The Kier molecular flexibility index (Phi) is 5.73. The maximum atomic E-state index is 12.9. The van der Waals surface area contributed by atoms with Crippen LogP contribution in [-0.4, -0.2) is 15.9 Å². The lowest BCUT2D eigenvalue weighted by Gasteiger charge is -2.08. The molecule has 0 radical (unpaired) electrons. The third-order valence-corrected chi connectivity index (χ3v) is 5.76. The normalized spacial score (nSPS) is 11.6. The zero-order chi connectivity index (χ0) is 22.0. The van der Waals surface area contributed by atoms with Crippen LogP contribution in [0.2, 0.25) is 0 Å². The van der Waals surface area contributed by atoms with Gasteiger partial charge in [-0.15, -0.1) is 11.8 Å². The third kappa shape index (κ3) is 4.91. The first-order chi connectivity index (χ1) is 14.8. The van der Waals surface area contributed by atoms with Gasteiger partial charge >= 0.3 is 6.18 Å². The Morgan fingerprint density at radius 2 is 1.81 bits per heavy atom. The number of alkyl halides is 3. The van der Waals surface area contributed by atoms with E-state index in [1.807, 2.05) is 49.4 Å². The van der Waals surface area contributed by atoms with Gasteiger partial charge in [-0.3, -0.25) is 4.79 Å². The van der Waals surface area contributed by atoms with E-state index in [-0.39, 0.29) is 5.91 Å². The van der Waals surface area contributed by atoms with Crippen LogP contribution in [0, 0.1) is 6.92 Å². The predicted octanol–water partition coefficient (Wildman–Crippen LogP) is 6.43. The summed E-state index contributed by atoms with van der Waals surface area (Å²) in [4.78, 5) is 20.7. The number of carbonyl (C=O) groups is 1. The average molecular weight is 441 g/mol. The number of anilines is 1. The molecule has 0 aliphatic rings. The van der Waals surface area contributed by atoms with E-state index in [0.29, 0.717) is 33.9 Å². The number of carbonyl (C=O) groups excluding carboxylic acids is 1.